The number of rotatable bonds is 3. The highest BCUT2D eigenvalue weighted by Crippen LogP contribution is 2.29. The number of aromatic nitrogens is 3. The topological polar surface area (TPSA) is 74.7 Å². The molecular formula is C14H19Cl4N5O. The Morgan fingerprint density at radius 2 is 2.12 bits per heavy atom. The molecule has 0 radical (unpaired) electrons. The highest BCUT2D eigenvalue weighted by atomic mass is 35.5. The van der Waals surface area contributed by atoms with Crippen LogP contribution >= 0.6 is 48.0 Å². The average Bonchev–Trinajstić information content (AvgIpc) is 3.13. The quantitative estimate of drug-likeness (QED) is 0.722. The lowest BCUT2D eigenvalue weighted by atomic mass is 10.0. The molecule has 3 heterocycles. The maximum absolute atomic E-state index is 12.5. The van der Waals surface area contributed by atoms with Gasteiger partial charge in [0.1, 0.15) is 5.69 Å². The van der Waals surface area contributed by atoms with Crippen LogP contribution in [-0.4, -0.2) is 39.6 Å². The zero-order valence-corrected chi connectivity index (χ0v) is 16.0. The number of hydrogen-bond donors (Lipinski definition) is 3. The Balaban J connectivity index is 0.00000144. The standard InChI is InChI=1S/C14H17Cl2N5O.2ClH/c1-8-11(15)12(16)13(19-8)14(22)20-9-2-3-17-6-10(9)21-5-4-18-7-21;;/h4-5,7,9-10,17,19H,2-3,6H2,1H3,(H,20,22);2*1H/t9-,10+;;/m1../s1. The predicted molar refractivity (Wildman–Crippen MR) is 100 cm³/mol. The van der Waals surface area contributed by atoms with Crippen LogP contribution < -0.4 is 10.6 Å². The summed E-state index contributed by atoms with van der Waals surface area (Å²) in [4.78, 5) is 19.5. The molecule has 2 aromatic heterocycles. The van der Waals surface area contributed by atoms with Crippen molar-refractivity contribution in [1.29, 1.82) is 0 Å². The third kappa shape index (κ3) is 4.18. The summed E-state index contributed by atoms with van der Waals surface area (Å²) in [5, 5.41) is 7.05. The first-order valence-electron chi connectivity index (χ1n) is 7.10. The Bertz CT molecular complexity index is 673. The molecule has 0 unspecified atom stereocenters. The number of carbonyl (C=O) groups is 1. The molecule has 3 rings (SSSR count). The number of carbonyl (C=O) groups excluding carboxylic acids is 1. The van der Waals surface area contributed by atoms with Crippen molar-refractivity contribution >= 4 is 53.9 Å². The van der Waals surface area contributed by atoms with Gasteiger partial charge in [0, 0.05) is 24.6 Å². The Morgan fingerprint density at radius 1 is 1.38 bits per heavy atom. The van der Waals surface area contributed by atoms with Gasteiger partial charge in [-0.15, -0.1) is 24.8 Å². The lowest BCUT2D eigenvalue weighted by molar-refractivity contribution is 0.0908. The molecule has 2 atom stereocenters. The molecule has 0 aromatic carbocycles. The van der Waals surface area contributed by atoms with Crippen molar-refractivity contribution in [2.45, 2.75) is 25.4 Å². The number of halogens is 4. The molecule has 24 heavy (non-hydrogen) atoms. The molecule has 1 fully saturated rings. The minimum absolute atomic E-state index is 0. The highest BCUT2D eigenvalue weighted by molar-refractivity contribution is 6.44. The van der Waals surface area contributed by atoms with E-state index in [4.69, 9.17) is 23.2 Å². The van der Waals surface area contributed by atoms with Crippen LogP contribution in [0.15, 0.2) is 18.7 Å². The average molecular weight is 415 g/mol. The number of amides is 1. The Morgan fingerprint density at radius 3 is 2.71 bits per heavy atom. The fraction of sp³-hybridized carbons (Fsp3) is 0.429. The molecule has 3 N–H and O–H groups in total. The molecule has 10 heteroatoms. The maximum atomic E-state index is 12.5. The van der Waals surface area contributed by atoms with Crippen molar-refractivity contribution in [3.05, 3.63) is 40.2 Å². The monoisotopic (exact) mass is 413 g/mol. The first-order valence-corrected chi connectivity index (χ1v) is 7.86. The number of nitrogens with one attached hydrogen (secondary N) is 3. The van der Waals surface area contributed by atoms with Crippen LogP contribution in [0.4, 0.5) is 0 Å². The zero-order valence-electron chi connectivity index (χ0n) is 12.9. The summed E-state index contributed by atoms with van der Waals surface area (Å²) in [6.07, 6.45) is 6.23. The van der Waals surface area contributed by atoms with E-state index < -0.39 is 0 Å². The first-order chi connectivity index (χ1) is 10.6. The van der Waals surface area contributed by atoms with Gasteiger partial charge in [-0.05, 0) is 19.9 Å². The third-order valence-corrected chi connectivity index (χ3v) is 4.90. The molecule has 1 amide bonds. The number of H-pyrrole nitrogens is 1. The van der Waals surface area contributed by atoms with Gasteiger partial charge in [-0.2, -0.15) is 0 Å². The lowest BCUT2D eigenvalue weighted by Gasteiger charge is -2.33. The molecule has 0 aliphatic carbocycles. The van der Waals surface area contributed by atoms with Crippen LogP contribution in [0.2, 0.25) is 10.0 Å². The molecule has 1 aliphatic heterocycles. The van der Waals surface area contributed by atoms with Crippen LogP contribution in [0, 0.1) is 6.92 Å². The second-order valence-electron chi connectivity index (χ2n) is 5.40. The van der Waals surface area contributed by atoms with Crippen LogP contribution in [0.3, 0.4) is 0 Å². The zero-order chi connectivity index (χ0) is 15.7. The Labute approximate surface area is 162 Å². The van der Waals surface area contributed by atoms with E-state index in [0.717, 1.165) is 19.5 Å². The van der Waals surface area contributed by atoms with Crippen molar-refractivity contribution < 1.29 is 4.79 Å². The second kappa shape index (κ2) is 8.97. The summed E-state index contributed by atoms with van der Waals surface area (Å²) in [5.74, 6) is -0.239. The molecular weight excluding hydrogens is 396 g/mol. The fourth-order valence-electron chi connectivity index (χ4n) is 2.76. The van der Waals surface area contributed by atoms with Crippen LogP contribution in [0.1, 0.15) is 28.6 Å². The van der Waals surface area contributed by atoms with Crippen molar-refractivity contribution in [2.24, 2.45) is 0 Å². The lowest BCUT2D eigenvalue weighted by Crippen LogP contribution is -2.50. The van der Waals surface area contributed by atoms with Gasteiger partial charge in [0.15, 0.2) is 0 Å². The van der Waals surface area contributed by atoms with E-state index in [1.807, 2.05) is 10.8 Å². The van der Waals surface area contributed by atoms with Crippen molar-refractivity contribution in [3.63, 3.8) is 0 Å². The number of aryl methyl sites for hydroxylation is 1. The smallest absolute Gasteiger partial charge is 0.269 e. The summed E-state index contributed by atoms with van der Waals surface area (Å²) >= 11 is 12.1. The van der Waals surface area contributed by atoms with E-state index in [0.29, 0.717) is 16.4 Å². The van der Waals surface area contributed by atoms with E-state index in [1.54, 1.807) is 19.4 Å². The normalized spacial score (nSPS) is 20.0. The maximum Gasteiger partial charge on any atom is 0.269 e. The van der Waals surface area contributed by atoms with Crippen molar-refractivity contribution in [1.82, 2.24) is 25.2 Å². The number of hydrogen-bond acceptors (Lipinski definition) is 3. The highest BCUT2D eigenvalue weighted by Gasteiger charge is 2.29. The van der Waals surface area contributed by atoms with Gasteiger partial charge in [-0.3, -0.25) is 4.79 Å². The number of imidazole rings is 1. The van der Waals surface area contributed by atoms with Gasteiger partial charge in [0.25, 0.3) is 5.91 Å². The summed E-state index contributed by atoms with van der Waals surface area (Å²) in [6.45, 7) is 3.41. The SMILES string of the molecule is Cc1[nH]c(C(=O)N[C@@H]2CCNC[C@@H]2n2ccnc2)c(Cl)c1Cl.Cl.Cl. The number of aromatic amines is 1. The van der Waals surface area contributed by atoms with Gasteiger partial charge in [0.2, 0.25) is 0 Å². The van der Waals surface area contributed by atoms with E-state index in [1.165, 1.54) is 0 Å². The molecule has 1 saturated heterocycles. The van der Waals surface area contributed by atoms with E-state index in [2.05, 4.69) is 20.6 Å². The number of piperidine rings is 1. The van der Waals surface area contributed by atoms with Crippen molar-refractivity contribution in [2.75, 3.05) is 13.1 Å². The molecule has 0 spiro atoms. The summed E-state index contributed by atoms with van der Waals surface area (Å²) in [5.41, 5.74) is 1.00. The second-order valence-corrected chi connectivity index (χ2v) is 6.16. The Hall–Kier alpha value is -0.920. The summed E-state index contributed by atoms with van der Waals surface area (Å²) in [6, 6.07) is 0.118. The van der Waals surface area contributed by atoms with Gasteiger partial charge in [0.05, 0.1) is 28.5 Å². The van der Waals surface area contributed by atoms with Gasteiger partial charge < -0.3 is 20.2 Å². The van der Waals surface area contributed by atoms with Gasteiger partial charge >= 0.3 is 0 Å². The first kappa shape index (κ1) is 21.1. The Kier molecular flexibility index (Phi) is 7.89. The third-order valence-electron chi connectivity index (χ3n) is 3.96. The largest absolute Gasteiger partial charge is 0.352 e. The fourth-order valence-corrected chi connectivity index (χ4v) is 3.17. The molecule has 1 aliphatic rings. The van der Waals surface area contributed by atoms with E-state index in [-0.39, 0.29) is 47.8 Å². The number of nitrogens with zero attached hydrogens (tertiary/aromatic N) is 2. The summed E-state index contributed by atoms with van der Waals surface area (Å²) < 4.78 is 2.01. The van der Waals surface area contributed by atoms with Crippen LogP contribution in [0.25, 0.3) is 0 Å². The molecule has 0 bridgehead atoms. The molecule has 134 valence electrons. The molecule has 0 saturated carbocycles. The minimum Gasteiger partial charge on any atom is -0.352 e. The molecule has 6 nitrogen and oxygen atoms in total. The van der Waals surface area contributed by atoms with Crippen LogP contribution in [0.5, 0.6) is 0 Å². The van der Waals surface area contributed by atoms with Gasteiger partial charge in [-0.1, -0.05) is 23.2 Å². The predicted octanol–water partition coefficient (Wildman–Crippen LogP) is 3.00. The summed E-state index contributed by atoms with van der Waals surface area (Å²) in [7, 11) is 0. The van der Waals surface area contributed by atoms with E-state index >= 15 is 0 Å². The molecule has 2 aromatic rings. The van der Waals surface area contributed by atoms with Gasteiger partial charge in [-0.25, -0.2) is 4.98 Å². The minimum atomic E-state index is -0.239. The van der Waals surface area contributed by atoms with Crippen molar-refractivity contribution in [3.8, 4) is 0 Å². The van der Waals surface area contributed by atoms with E-state index in [9.17, 15) is 4.79 Å². The van der Waals surface area contributed by atoms with Crippen LogP contribution in [-0.2, 0) is 0 Å².